The molecule has 1 aliphatic heterocycles. The molecule has 1 amide bonds. The van der Waals surface area contributed by atoms with Crippen LogP contribution in [0.5, 0.6) is 5.75 Å². The molecule has 1 fully saturated rings. The maximum atomic E-state index is 13.7. The first-order valence-corrected chi connectivity index (χ1v) is 11.4. The molecule has 7 heteroatoms. The average molecular weight is 442 g/mol. The summed E-state index contributed by atoms with van der Waals surface area (Å²) in [5.41, 5.74) is 3.25. The van der Waals surface area contributed by atoms with Crippen molar-refractivity contribution in [2.45, 2.75) is 32.2 Å². The Morgan fingerprint density at radius 3 is 2.58 bits per heavy atom. The number of hydrogen-bond acceptors (Lipinski definition) is 5. The number of piperidine rings is 1. The quantitative estimate of drug-likeness (QED) is 0.455. The average Bonchev–Trinajstić information content (AvgIpc) is 3.37. The lowest BCUT2D eigenvalue weighted by molar-refractivity contribution is 0.0712. The highest BCUT2D eigenvalue weighted by atomic mass is 16.5. The van der Waals surface area contributed by atoms with Gasteiger partial charge in [0.05, 0.1) is 23.9 Å². The smallest absolute Gasteiger partial charge is 0.254 e. The monoisotopic (exact) mass is 441 g/mol. The zero-order chi connectivity index (χ0) is 22.8. The van der Waals surface area contributed by atoms with Gasteiger partial charge in [0.2, 0.25) is 0 Å². The first kappa shape index (κ1) is 21.1. The highest BCUT2D eigenvalue weighted by Gasteiger charge is 2.28. The van der Waals surface area contributed by atoms with Crippen LogP contribution in [0.15, 0.2) is 60.9 Å². The number of amides is 1. The van der Waals surface area contributed by atoms with E-state index in [9.17, 15) is 4.79 Å². The molecular weight excluding hydrogens is 414 g/mol. The number of aryl methyl sites for hydroxylation is 1. The fourth-order valence-electron chi connectivity index (χ4n) is 4.60. The van der Waals surface area contributed by atoms with Gasteiger partial charge in [-0.2, -0.15) is 0 Å². The largest absolute Gasteiger partial charge is 0.497 e. The third-order valence-electron chi connectivity index (χ3n) is 6.47. The lowest BCUT2D eigenvalue weighted by Crippen LogP contribution is -2.38. The summed E-state index contributed by atoms with van der Waals surface area (Å²) in [5, 5.41) is 9.28. The fraction of sp³-hybridized carbons (Fsp3) is 0.308. The SMILES string of the molecule is CCn1cnnc1C1CCN(C(=O)c2cc(-c3ccc(OC)cc3)nc3ccccc23)CC1. The van der Waals surface area contributed by atoms with Crippen molar-refractivity contribution in [1.82, 2.24) is 24.6 Å². The second-order valence-electron chi connectivity index (χ2n) is 8.34. The lowest BCUT2D eigenvalue weighted by atomic mass is 9.94. The van der Waals surface area contributed by atoms with Gasteiger partial charge in [-0.05, 0) is 56.2 Å². The first-order valence-electron chi connectivity index (χ1n) is 11.4. The number of nitrogens with zero attached hydrogens (tertiary/aromatic N) is 5. The molecule has 0 bridgehead atoms. The Bertz CT molecular complexity index is 1270. The number of para-hydroxylation sites is 1. The Labute approximate surface area is 193 Å². The van der Waals surface area contributed by atoms with E-state index in [1.54, 1.807) is 13.4 Å². The number of rotatable bonds is 5. The molecule has 33 heavy (non-hydrogen) atoms. The van der Waals surface area contributed by atoms with E-state index in [4.69, 9.17) is 9.72 Å². The van der Waals surface area contributed by atoms with Crippen LogP contribution in [0, 0.1) is 0 Å². The molecule has 0 atom stereocenters. The van der Waals surface area contributed by atoms with Crippen LogP contribution in [-0.4, -0.2) is 50.8 Å². The molecule has 2 aromatic carbocycles. The number of benzene rings is 2. The van der Waals surface area contributed by atoms with Gasteiger partial charge in [0.25, 0.3) is 5.91 Å². The predicted molar refractivity (Wildman–Crippen MR) is 127 cm³/mol. The molecule has 0 spiro atoms. The Kier molecular flexibility index (Phi) is 5.77. The highest BCUT2D eigenvalue weighted by Crippen LogP contribution is 2.30. The van der Waals surface area contributed by atoms with Crippen LogP contribution in [-0.2, 0) is 6.54 Å². The number of pyridine rings is 1. The van der Waals surface area contributed by atoms with Crippen molar-refractivity contribution in [3.05, 3.63) is 72.3 Å². The van der Waals surface area contributed by atoms with Crippen LogP contribution in [0.1, 0.15) is 41.9 Å². The minimum atomic E-state index is 0.0544. The molecule has 168 valence electrons. The zero-order valence-electron chi connectivity index (χ0n) is 18.9. The zero-order valence-corrected chi connectivity index (χ0v) is 18.9. The molecule has 1 aliphatic rings. The number of likely N-dealkylation sites (tertiary alicyclic amines) is 1. The summed E-state index contributed by atoms with van der Waals surface area (Å²) < 4.78 is 7.37. The van der Waals surface area contributed by atoms with Crippen molar-refractivity contribution in [2.24, 2.45) is 0 Å². The summed E-state index contributed by atoms with van der Waals surface area (Å²) in [5.74, 6) is 2.21. The predicted octanol–water partition coefficient (Wildman–Crippen LogP) is 4.54. The molecular formula is C26H27N5O2. The van der Waals surface area contributed by atoms with Gasteiger partial charge >= 0.3 is 0 Å². The maximum absolute atomic E-state index is 13.7. The van der Waals surface area contributed by atoms with E-state index in [1.165, 1.54) is 0 Å². The third-order valence-corrected chi connectivity index (χ3v) is 6.47. The molecule has 0 saturated carbocycles. The van der Waals surface area contributed by atoms with Gasteiger partial charge in [-0.15, -0.1) is 10.2 Å². The van der Waals surface area contributed by atoms with E-state index in [-0.39, 0.29) is 5.91 Å². The van der Waals surface area contributed by atoms with Crippen LogP contribution in [0.4, 0.5) is 0 Å². The number of hydrogen-bond donors (Lipinski definition) is 0. The van der Waals surface area contributed by atoms with Crippen molar-refractivity contribution < 1.29 is 9.53 Å². The van der Waals surface area contributed by atoms with Crippen molar-refractivity contribution in [3.63, 3.8) is 0 Å². The molecule has 1 saturated heterocycles. The summed E-state index contributed by atoms with van der Waals surface area (Å²) in [6.07, 6.45) is 3.56. The van der Waals surface area contributed by atoms with Gasteiger partial charge in [0.15, 0.2) is 0 Å². The second kappa shape index (κ2) is 9.02. The molecule has 5 rings (SSSR count). The minimum Gasteiger partial charge on any atom is -0.497 e. The topological polar surface area (TPSA) is 73.1 Å². The summed E-state index contributed by atoms with van der Waals surface area (Å²) in [6.45, 7) is 4.36. The van der Waals surface area contributed by atoms with Crippen LogP contribution >= 0.6 is 0 Å². The van der Waals surface area contributed by atoms with E-state index in [1.807, 2.05) is 59.5 Å². The van der Waals surface area contributed by atoms with Crippen LogP contribution in [0.2, 0.25) is 0 Å². The van der Waals surface area contributed by atoms with Gasteiger partial charge in [-0.3, -0.25) is 4.79 Å². The lowest BCUT2D eigenvalue weighted by Gasteiger charge is -2.32. The maximum Gasteiger partial charge on any atom is 0.254 e. The number of fused-ring (bicyclic) bond motifs is 1. The second-order valence-corrected chi connectivity index (χ2v) is 8.34. The van der Waals surface area contributed by atoms with Crippen LogP contribution in [0.3, 0.4) is 0 Å². The van der Waals surface area contributed by atoms with Crippen molar-refractivity contribution in [1.29, 1.82) is 0 Å². The van der Waals surface area contributed by atoms with E-state index in [0.717, 1.165) is 53.1 Å². The number of aromatic nitrogens is 4. The fourth-order valence-corrected chi connectivity index (χ4v) is 4.60. The van der Waals surface area contributed by atoms with Gasteiger partial charge < -0.3 is 14.2 Å². The summed E-state index contributed by atoms with van der Waals surface area (Å²) >= 11 is 0. The summed E-state index contributed by atoms with van der Waals surface area (Å²) in [7, 11) is 1.65. The molecule has 7 nitrogen and oxygen atoms in total. The third kappa shape index (κ3) is 4.06. The number of ether oxygens (including phenoxy) is 1. The van der Waals surface area contributed by atoms with Crippen molar-refractivity contribution in [3.8, 4) is 17.0 Å². The molecule has 0 unspecified atom stereocenters. The van der Waals surface area contributed by atoms with Crippen molar-refractivity contribution >= 4 is 16.8 Å². The van der Waals surface area contributed by atoms with E-state index in [2.05, 4.69) is 21.7 Å². The number of carbonyl (C=O) groups excluding carboxylic acids is 1. The van der Waals surface area contributed by atoms with Gasteiger partial charge in [0, 0.05) is 36.5 Å². The normalized spacial score (nSPS) is 14.5. The molecule has 0 radical (unpaired) electrons. The number of carbonyl (C=O) groups is 1. The van der Waals surface area contributed by atoms with Gasteiger partial charge in [0.1, 0.15) is 17.9 Å². The summed E-state index contributed by atoms with van der Waals surface area (Å²) in [6, 6.07) is 17.5. The first-order chi connectivity index (χ1) is 16.2. The Balaban J connectivity index is 1.43. The van der Waals surface area contributed by atoms with E-state index < -0.39 is 0 Å². The standard InChI is InChI=1S/C26H27N5O2/c1-3-30-17-27-29-25(30)19-12-14-31(15-13-19)26(32)22-16-24(18-8-10-20(33-2)11-9-18)28-23-7-5-4-6-21(22)23/h4-11,16-17,19H,3,12-15H2,1-2H3. The number of methoxy groups -OCH3 is 1. The van der Waals surface area contributed by atoms with Crippen LogP contribution in [0.25, 0.3) is 22.2 Å². The van der Waals surface area contributed by atoms with E-state index >= 15 is 0 Å². The summed E-state index contributed by atoms with van der Waals surface area (Å²) in [4.78, 5) is 20.4. The Morgan fingerprint density at radius 1 is 1.09 bits per heavy atom. The molecule has 2 aromatic heterocycles. The molecule has 0 aliphatic carbocycles. The minimum absolute atomic E-state index is 0.0544. The molecule has 3 heterocycles. The Morgan fingerprint density at radius 2 is 1.85 bits per heavy atom. The Hall–Kier alpha value is -3.74. The highest BCUT2D eigenvalue weighted by molar-refractivity contribution is 6.07. The molecule has 4 aromatic rings. The van der Waals surface area contributed by atoms with E-state index in [0.29, 0.717) is 24.6 Å². The molecule has 0 N–H and O–H groups in total. The van der Waals surface area contributed by atoms with Gasteiger partial charge in [-0.25, -0.2) is 4.98 Å². The van der Waals surface area contributed by atoms with Crippen LogP contribution < -0.4 is 4.74 Å². The van der Waals surface area contributed by atoms with Gasteiger partial charge in [-0.1, -0.05) is 18.2 Å². The van der Waals surface area contributed by atoms with Crippen molar-refractivity contribution in [2.75, 3.05) is 20.2 Å².